The molecule has 0 heterocycles. The Kier molecular flexibility index (Phi) is 8.50. The van der Waals surface area contributed by atoms with E-state index in [0.717, 1.165) is 42.4 Å². The minimum absolute atomic E-state index is 0.141. The highest BCUT2D eigenvalue weighted by Gasteiger charge is 2.47. The summed E-state index contributed by atoms with van der Waals surface area (Å²) in [6.07, 6.45) is -8.95. The van der Waals surface area contributed by atoms with Gasteiger partial charge in [-0.25, -0.2) is 0 Å². The van der Waals surface area contributed by atoms with Gasteiger partial charge in [0.25, 0.3) is 0 Å². The van der Waals surface area contributed by atoms with Crippen LogP contribution in [0.2, 0.25) is 18.1 Å². The third-order valence-electron chi connectivity index (χ3n) is 5.11. The van der Waals surface area contributed by atoms with Crippen LogP contribution in [-0.2, 0) is 15.8 Å². The van der Waals surface area contributed by atoms with Crippen molar-refractivity contribution in [3.63, 3.8) is 0 Å². The Labute approximate surface area is 183 Å². The van der Waals surface area contributed by atoms with Gasteiger partial charge in [0.05, 0.1) is 22.6 Å². The van der Waals surface area contributed by atoms with E-state index in [2.05, 4.69) is 0 Å². The Morgan fingerprint density at radius 3 is 1.23 bits per heavy atom. The Hall–Kier alpha value is -1.67. The lowest BCUT2D eigenvalue weighted by Crippen LogP contribution is -2.47. The van der Waals surface area contributed by atoms with Crippen LogP contribution >= 0.6 is 0 Å². The molecule has 0 spiro atoms. The van der Waals surface area contributed by atoms with E-state index in [1.54, 1.807) is 0 Å². The SMILES string of the molecule is CC[Si](CC)(CC)[O][Al]([O]c1ccc(C(F)(F)F)cc1)[O]c1ccc(C(F)(F)F)cc1. The molecule has 0 aliphatic carbocycles. The maximum Gasteiger partial charge on any atom is 1.09 e. The molecular weight excluding hydrogens is 457 g/mol. The lowest BCUT2D eigenvalue weighted by atomic mass is 10.2. The second kappa shape index (κ2) is 10.3. The molecule has 3 nitrogen and oxygen atoms in total. The Morgan fingerprint density at radius 2 is 0.968 bits per heavy atom. The third kappa shape index (κ3) is 7.17. The molecule has 0 bridgehead atoms. The second-order valence-electron chi connectivity index (χ2n) is 6.93. The normalized spacial score (nSPS) is 12.5. The summed E-state index contributed by atoms with van der Waals surface area (Å²) in [6, 6.07) is 10.6. The summed E-state index contributed by atoms with van der Waals surface area (Å²) in [6.45, 7) is 5.96. The highest BCUT2D eigenvalue weighted by Crippen LogP contribution is 2.32. The van der Waals surface area contributed by atoms with Crippen LogP contribution in [0.1, 0.15) is 31.9 Å². The summed E-state index contributed by atoms with van der Waals surface area (Å²) in [5.41, 5.74) is -1.64. The lowest BCUT2D eigenvalue weighted by molar-refractivity contribution is -0.138. The maximum atomic E-state index is 12.8. The zero-order valence-electron chi connectivity index (χ0n) is 17.3. The number of halogens is 6. The predicted octanol–water partition coefficient (Wildman–Crippen LogP) is 7.19. The standard InChI is InChI=1S/2C7H5F3O.C6H15OSi.Al/c2*8-7(9,10)5-1-3-6(11)4-2-5;1-4-8(7,5-2)6-3;/h2*1-4,11H;4-6H2,1-3H3;/q;;-1;+3/p-2. The zero-order chi connectivity index (χ0) is 23.3. The van der Waals surface area contributed by atoms with E-state index in [1.165, 1.54) is 24.3 Å². The van der Waals surface area contributed by atoms with Crippen LogP contribution in [0.15, 0.2) is 48.5 Å². The van der Waals surface area contributed by atoms with Gasteiger partial charge in [-0.3, -0.25) is 0 Å². The summed E-state index contributed by atoms with van der Waals surface area (Å²) < 4.78 is 94.6. The molecule has 0 amide bonds. The van der Waals surface area contributed by atoms with Gasteiger partial charge in [-0.05, 0) is 66.7 Å². The second-order valence-corrected chi connectivity index (χ2v) is 13.4. The Morgan fingerprint density at radius 1 is 0.645 bits per heavy atom. The van der Waals surface area contributed by atoms with E-state index in [1.807, 2.05) is 20.8 Å². The van der Waals surface area contributed by atoms with Crippen molar-refractivity contribution in [1.82, 2.24) is 0 Å². The van der Waals surface area contributed by atoms with Crippen LogP contribution in [0.25, 0.3) is 0 Å². The molecule has 31 heavy (non-hydrogen) atoms. The van der Waals surface area contributed by atoms with Crippen LogP contribution in [0.5, 0.6) is 11.5 Å². The zero-order valence-corrected chi connectivity index (χ0v) is 19.5. The highest BCUT2D eigenvalue weighted by molar-refractivity contribution is 6.78. The van der Waals surface area contributed by atoms with Crippen molar-refractivity contribution < 1.29 is 37.4 Å². The molecule has 0 fully saturated rings. The Bertz CT molecular complexity index is 753. The van der Waals surface area contributed by atoms with Gasteiger partial charge in [0.2, 0.25) is 0 Å². The van der Waals surface area contributed by atoms with Gasteiger partial charge in [0.15, 0.2) is 8.32 Å². The van der Waals surface area contributed by atoms with Crippen LogP contribution in [0, 0.1) is 0 Å². The fraction of sp³-hybridized carbons (Fsp3) is 0.400. The largest absolute Gasteiger partial charge is 1.09 e. The van der Waals surface area contributed by atoms with E-state index in [-0.39, 0.29) is 11.5 Å². The van der Waals surface area contributed by atoms with Gasteiger partial charge >= 0.3 is 27.5 Å². The number of rotatable bonds is 9. The molecule has 2 aromatic rings. The minimum atomic E-state index is -4.47. The smallest absolute Gasteiger partial charge is 0.589 e. The van der Waals surface area contributed by atoms with Gasteiger partial charge in [-0.15, -0.1) is 0 Å². The summed E-state index contributed by atoms with van der Waals surface area (Å²) in [7, 11) is -2.22. The molecule has 2 aromatic carbocycles. The molecule has 0 aliphatic rings. The summed E-state index contributed by atoms with van der Waals surface area (Å²) in [5.74, 6) is 0.283. The van der Waals surface area contributed by atoms with E-state index in [9.17, 15) is 26.3 Å². The highest BCUT2D eigenvalue weighted by atomic mass is 28.4. The van der Waals surface area contributed by atoms with Crippen LogP contribution in [0.4, 0.5) is 26.3 Å². The van der Waals surface area contributed by atoms with Gasteiger partial charge in [-0.1, -0.05) is 20.8 Å². The average molecular weight is 480 g/mol. The molecule has 0 aromatic heterocycles. The van der Waals surface area contributed by atoms with E-state index >= 15 is 0 Å². The third-order valence-corrected chi connectivity index (χ3v) is 12.7. The molecule has 2 rings (SSSR count). The van der Waals surface area contributed by atoms with E-state index < -0.39 is 46.9 Å². The van der Waals surface area contributed by atoms with Crippen molar-refractivity contribution in [2.75, 3.05) is 0 Å². The van der Waals surface area contributed by atoms with E-state index in [0.29, 0.717) is 0 Å². The number of hydrogen-bond donors (Lipinski definition) is 0. The van der Waals surface area contributed by atoms with Crippen molar-refractivity contribution in [2.24, 2.45) is 0 Å². The molecule has 0 aliphatic heterocycles. The van der Waals surface area contributed by atoms with Gasteiger partial charge in [-0.2, -0.15) is 26.3 Å². The van der Waals surface area contributed by atoms with Crippen LogP contribution in [0.3, 0.4) is 0 Å². The van der Waals surface area contributed by atoms with E-state index in [4.69, 9.17) is 11.1 Å². The molecule has 0 saturated carbocycles. The number of benzene rings is 2. The topological polar surface area (TPSA) is 27.7 Å². The first kappa shape index (κ1) is 25.6. The molecular formula is C20H23AlF6O3Si. The molecule has 0 N–H and O–H groups in total. The summed E-state index contributed by atoms with van der Waals surface area (Å²) >= 11 is -2.98. The molecule has 0 atom stereocenters. The minimum Gasteiger partial charge on any atom is -0.589 e. The summed E-state index contributed by atoms with van der Waals surface area (Å²) in [4.78, 5) is 0. The van der Waals surface area contributed by atoms with Crippen molar-refractivity contribution >= 4 is 23.5 Å². The van der Waals surface area contributed by atoms with Crippen LogP contribution < -0.4 is 7.58 Å². The predicted molar refractivity (Wildman–Crippen MR) is 108 cm³/mol. The first-order chi connectivity index (χ1) is 14.4. The first-order valence-electron chi connectivity index (χ1n) is 9.78. The molecule has 0 unspecified atom stereocenters. The fourth-order valence-corrected chi connectivity index (χ4v) is 9.27. The van der Waals surface area contributed by atoms with Gasteiger partial charge in [0.1, 0.15) is 0 Å². The van der Waals surface area contributed by atoms with Crippen molar-refractivity contribution in [2.45, 2.75) is 51.3 Å². The fourth-order valence-electron chi connectivity index (χ4n) is 2.94. The average Bonchev–Trinajstić information content (AvgIpc) is 2.71. The molecule has 170 valence electrons. The quantitative estimate of drug-likeness (QED) is 0.281. The van der Waals surface area contributed by atoms with Crippen molar-refractivity contribution in [1.29, 1.82) is 0 Å². The maximum absolute atomic E-state index is 12.8. The number of alkyl halides is 6. The molecule has 11 heteroatoms. The lowest BCUT2D eigenvalue weighted by Gasteiger charge is -2.31. The Balaban J connectivity index is 2.26. The van der Waals surface area contributed by atoms with Gasteiger partial charge < -0.3 is 11.1 Å². The monoisotopic (exact) mass is 480 g/mol. The van der Waals surface area contributed by atoms with Crippen LogP contribution in [-0.4, -0.2) is 23.5 Å². The van der Waals surface area contributed by atoms with Crippen molar-refractivity contribution in [3.05, 3.63) is 59.7 Å². The summed E-state index contributed by atoms with van der Waals surface area (Å²) in [5, 5.41) is 0. The van der Waals surface area contributed by atoms with Crippen molar-refractivity contribution in [3.8, 4) is 11.5 Å². The van der Waals surface area contributed by atoms with Gasteiger partial charge in [0, 0.05) is 0 Å². The molecule has 0 radical (unpaired) electrons. The molecule has 0 saturated heterocycles. The first-order valence-corrected chi connectivity index (χ1v) is 13.7. The number of hydrogen-bond acceptors (Lipinski definition) is 3.